The maximum Gasteiger partial charge on any atom is 0.277 e. The van der Waals surface area contributed by atoms with E-state index in [1.165, 1.54) is 12.4 Å². The third-order valence-corrected chi connectivity index (χ3v) is 6.73. The van der Waals surface area contributed by atoms with Crippen LogP contribution in [0.1, 0.15) is 46.1 Å². The van der Waals surface area contributed by atoms with Crippen molar-refractivity contribution in [2.45, 2.75) is 39.2 Å². The summed E-state index contributed by atoms with van der Waals surface area (Å²) in [6, 6.07) is 3.59. The SMILES string of the molecule is C=CC(=O)N1CCCC(n2nc(C(=O)Nc3cc(C)c(CC(=O)N(C)C)cc3C)c3c(N)ncnc32)C1. The monoisotopic (exact) mass is 504 g/mol. The molecule has 0 bridgehead atoms. The smallest absolute Gasteiger partial charge is 0.277 e. The summed E-state index contributed by atoms with van der Waals surface area (Å²) in [5.74, 6) is -0.431. The molecule has 1 aromatic carbocycles. The summed E-state index contributed by atoms with van der Waals surface area (Å²) in [7, 11) is 3.44. The fourth-order valence-electron chi connectivity index (χ4n) is 4.60. The van der Waals surface area contributed by atoms with Crippen LogP contribution in [0.2, 0.25) is 0 Å². The molecule has 194 valence electrons. The molecule has 3 aromatic rings. The fraction of sp³-hybridized carbons (Fsp3) is 0.385. The normalized spacial score (nSPS) is 15.5. The van der Waals surface area contributed by atoms with Gasteiger partial charge in [0.1, 0.15) is 12.1 Å². The van der Waals surface area contributed by atoms with Crippen molar-refractivity contribution in [3.05, 3.63) is 53.5 Å². The minimum absolute atomic E-state index is 0.00263. The molecule has 0 spiro atoms. The third-order valence-electron chi connectivity index (χ3n) is 6.73. The number of nitrogens with zero attached hydrogens (tertiary/aromatic N) is 6. The van der Waals surface area contributed by atoms with E-state index in [-0.39, 0.29) is 35.8 Å². The first-order chi connectivity index (χ1) is 17.6. The highest BCUT2D eigenvalue weighted by molar-refractivity contribution is 6.13. The average Bonchev–Trinajstić information content (AvgIpc) is 3.27. The molecule has 1 aliphatic heterocycles. The lowest BCUT2D eigenvalue weighted by Gasteiger charge is -2.32. The predicted molar refractivity (Wildman–Crippen MR) is 141 cm³/mol. The van der Waals surface area contributed by atoms with Crippen molar-refractivity contribution in [1.29, 1.82) is 0 Å². The Morgan fingerprint density at radius 1 is 1.22 bits per heavy atom. The number of hydrogen-bond acceptors (Lipinski definition) is 7. The van der Waals surface area contributed by atoms with Gasteiger partial charge in [0.25, 0.3) is 5.91 Å². The molecule has 1 unspecified atom stereocenters. The molecule has 2 aromatic heterocycles. The van der Waals surface area contributed by atoms with E-state index in [1.807, 2.05) is 26.0 Å². The van der Waals surface area contributed by atoms with Crippen LogP contribution >= 0.6 is 0 Å². The van der Waals surface area contributed by atoms with E-state index in [4.69, 9.17) is 5.73 Å². The van der Waals surface area contributed by atoms with Gasteiger partial charge in [-0.2, -0.15) is 5.10 Å². The van der Waals surface area contributed by atoms with Gasteiger partial charge in [-0.1, -0.05) is 12.6 Å². The van der Waals surface area contributed by atoms with Gasteiger partial charge >= 0.3 is 0 Å². The number of nitrogen functional groups attached to an aromatic ring is 1. The van der Waals surface area contributed by atoms with E-state index < -0.39 is 5.91 Å². The van der Waals surface area contributed by atoms with Crippen molar-refractivity contribution in [3.63, 3.8) is 0 Å². The van der Waals surface area contributed by atoms with Crippen molar-refractivity contribution in [1.82, 2.24) is 29.5 Å². The molecule has 11 heteroatoms. The molecule has 3 N–H and O–H groups in total. The number of likely N-dealkylation sites (N-methyl/N-ethyl adjacent to an activating group) is 1. The van der Waals surface area contributed by atoms with Crippen LogP contribution in [0.25, 0.3) is 11.0 Å². The Morgan fingerprint density at radius 3 is 2.68 bits per heavy atom. The van der Waals surface area contributed by atoms with Crippen LogP contribution in [0.4, 0.5) is 11.5 Å². The highest BCUT2D eigenvalue weighted by Crippen LogP contribution is 2.30. The van der Waals surface area contributed by atoms with Gasteiger partial charge in [0.05, 0.1) is 17.8 Å². The maximum absolute atomic E-state index is 13.5. The van der Waals surface area contributed by atoms with Gasteiger partial charge in [-0.05, 0) is 55.5 Å². The molecule has 0 saturated carbocycles. The van der Waals surface area contributed by atoms with E-state index in [1.54, 1.807) is 28.6 Å². The lowest BCUT2D eigenvalue weighted by atomic mass is 10.0. The van der Waals surface area contributed by atoms with Crippen LogP contribution in [0, 0.1) is 13.8 Å². The number of aromatic nitrogens is 4. The van der Waals surface area contributed by atoms with Gasteiger partial charge in [-0.25, -0.2) is 14.6 Å². The lowest BCUT2D eigenvalue weighted by Crippen LogP contribution is -2.40. The van der Waals surface area contributed by atoms with Crippen molar-refractivity contribution in [2.75, 3.05) is 38.2 Å². The highest BCUT2D eigenvalue weighted by Gasteiger charge is 2.29. The third kappa shape index (κ3) is 5.16. The Kier molecular flexibility index (Phi) is 7.23. The molecular formula is C26H32N8O3. The van der Waals surface area contributed by atoms with Gasteiger partial charge in [0.15, 0.2) is 11.3 Å². The van der Waals surface area contributed by atoms with Gasteiger partial charge in [-0.3, -0.25) is 14.4 Å². The number of nitrogens with one attached hydrogen (secondary N) is 1. The zero-order valence-corrected chi connectivity index (χ0v) is 21.6. The van der Waals surface area contributed by atoms with Crippen LogP contribution in [-0.4, -0.2) is 74.5 Å². The summed E-state index contributed by atoms with van der Waals surface area (Å²) in [5, 5.41) is 7.94. The summed E-state index contributed by atoms with van der Waals surface area (Å²) in [5.41, 5.74) is 9.96. The number of rotatable bonds is 6. The predicted octanol–water partition coefficient (Wildman–Crippen LogP) is 2.26. The first-order valence-corrected chi connectivity index (χ1v) is 12.1. The van der Waals surface area contributed by atoms with Crippen LogP contribution in [0.3, 0.4) is 0 Å². The highest BCUT2D eigenvalue weighted by atomic mass is 16.2. The summed E-state index contributed by atoms with van der Waals surface area (Å²) < 4.78 is 1.68. The lowest BCUT2D eigenvalue weighted by molar-refractivity contribution is -0.128. The molecule has 3 heterocycles. The molecule has 4 rings (SSSR count). The molecular weight excluding hydrogens is 472 g/mol. The molecule has 0 radical (unpaired) electrons. The van der Waals surface area contributed by atoms with Gasteiger partial charge in [0, 0.05) is 32.9 Å². The number of nitrogens with two attached hydrogens (primary N) is 1. The Morgan fingerprint density at radius 2 is 1.97 bits per heavy atom. The number of fused-ring (bicyclic) bond motifs is 1. The Hall–Kier alpha value is -4.28. The zero-order valence-electron chi connectivity index (χ0n) is 21.6. The van der Waals surface area contributed by atoms with E-state index >= 15 is 0 Å². The quantitative estimate of drug-likeness (QED) is 0.491. The topological polar surface area (TPSA) is 139 Å². The number of anilines is 2. The first-order valence-electron chi connectivity index (χ1n) is 12.1. The molecule has 37 heavy (non-hydrogen) atoms. The molecule has 1 atom stereocenters. The number of benzene rings is 1. The number of amides is 3. The van der Waals surface area contributed by atoms with Crippen LogP contribution < -0.4 is 11.1 Å². The van der Waals surface area contributed by atoms with E-state index in [2.05, 4.69) is 27.0 Å². The molecule has 3 amide bonds. The minimum atomic E-state index is -0.445. The van der Waals surface area contributed by atoms with Crippen molar-refractivity contribution < 1.29 is 14.4 Å². The standard InChI is InChI=1S/C26H32N8O3/c1-6-20(35)33-9-7-8-18(13-33)34-25-22(24(27)28-14-29-25)23(31-34)26(37)30-19-11-15(2)17(10-16(19)3)12-21(36)32(4)5/h6,10-11,14,18H,1,7-9,12-13H2,2-5H3,(H,30,37)(H2,27,28,29). The van der Waals surface area contributed by atoms with Crippen LogP contribution in [-0.2, 0) is 16.0 Å². The summed E-state index contributed by atoms with van der Waals surface area (Å²) in [4.78, 5) is 49.6. The van der Waals surface area contributed by atoms with Gasteiger partial charge in [0.2, 0.25) is 11.8 Å². The molecule has 0 aliphatic carbocycles. The number of aryl methyl sites for hydroxylation is 2. The van der Waals surface area contributed by atoms with Crippen LogP contribution in [0.15, 0.2) is 31.1 Å². The molecule has 11 nitrogen and oxygen atoms in total. The number of likely N-dealkylation sites (tertiary alicyclic amines) is 1. The Balaban J connectivity index is 1.66. The van der Waals surface area contributed by atoms with Gasteiger partial charge < -0.3 is 20.9 Å². The largest absolute Gasteiger partial charge is 0.383 e. The second kappa shape index (κ2) is 10.4. The number of piperidine rings is 1. The van der Waals surface area contributed by atoms with Crippen LogP contribution in [0.5, 0.6) is 0 Å². The van der Waals surface area contributed by atoms with Crippen molar-refractivity contribution in [2.24, 2.45) is 0 Å². The summed E-state index contributed by atoms with van der Waals surface area (Å²) >= 11 is 0. The molecule has 1 aliphatic rings. The minimum Gasteiger partial charge on any atom is -0.383 e. The molecule has 1 saturated heterocycles. The van der Waals surface area contributed by atoms with E-state index in [9.17, 15) is 14.4 Å². The first kappa shape index (κ1) is 25.8. The number of hydrogen-bond donors (Lipinski definition) is 2. The Labute approximate surface area is 215 Å². The number of carbonyl (C=O) groups excluding carboxylic acids is 3. The van der Waals surface area contributed by atoms with E-state index in [0.29, 0.717) is 29.8 Å². The van der Waals surface area contributed by atoms with E-state index in [0.717, 1.165) is 29.5 Å². The summed E-state index contributed by atoms with van der Waals surface area (Å²) in [6.45, 7) is 8.43. The zero-order chi connectivity index (χ0) is 26.9. The molecule has 1 fully saturated rings. The second-order valence-corrected chi connectivity index (χ2v) is 9.55. The van der Waals surface area contributed by atoms with Crippen molar-refractivity contribution in [3.8, 4) is 0 Å². The van der Waals surface area contributed by atoms with Gasteiger partial charge in [-0.15, -0.1) is 0 Å². The summed E-state index contributed by atoms with van der Waals surface area (Å²) in [6.07, 6.45) is 4.48. The second-order valence-electron chi connectivity index (χ2n) is 9.55. The maximum atomic E-state index is 13.5. The Bertz CT molecular complexity index is 1390. The number of carbonyl (C=O) groups is 3. The van der Waals surface area contributed by atoms with Crippen molar-refractivity contribution >= 4 is 40.3 Å². The fourth-order valence-corrected chi connectivity index (χ4v) is 4.60. The average molecular weight is 505 g/mol.